The van der Waals surface area contributed by atoms with Crippen molar-refractivity contribution in [2.45, 2.75) is 19.5 Å². The first-order chi connectivity index (χ1) is 7.19. The van der Waals surface area contributed by atoms with Crippen molar-refractivity contribution >= 4 is 0 Å². The summed E-state index contributed by atoms with van der Waals surface area (Å²) in [7, 11) is 0. The first kappa shape index (κ1) is 11.8. The van der Waals surface area contributed by atoms with Crippen LogP contribution < -0.4 is 5.32 Å². The Morgan fingerprint density at radius 1 is 1.40 bits per heavy atom. The van der Waals surface area contributed by atoms with E-state index in [9.17, 15) is 5.26 Å². The van der Waals surface area contributed by atoms with Gasteiger partial charge in [0, 0.05) is 32.7 Å². The highest BCUT2D eigenvalue weighted by Crippen LogP contribution is 2.19. The van der Waals surface area contributed by atoms with Crippen LogP contribution >= 0.6 is 0 Å². The lowest BCUT2D eigenvalue weighted by Gasteiger charge is -2.42. The molecule has 0 aromatic carbocycles. The van der Waals surface area contributed by atoms with Gasteiger partial charge in [-0.15, -0.1) is 0 Å². The molecule has 1 aliphatic rings. The van der Waals surface area contributed by atoms with E-state index in [2.05, 4.69) is 22.5 Å². The Balaban J connectivity index is 2.83. The van der Waals surface area contributed by atoms with Crippen LogP contribution in [0.5, 0.6) is 0 Å². The van der Waals surface area contributed by atoms with Crippen LogP contribution in [0, 0.1) is 22.8 Å². The van der Waals surface area contributed by atoms with Crippen molar-refractivity contribution in [2.75, 3.05) is 32.7 Å². The predicted octanol–water partition coefficient (Wildman–Crippen LogP) is -0.0656. The van der Waals surface area contributed by atoms with E-state index >= 15 is 0 Å². The third kappa shape index (κ3) is 2.20. The van der Waals surface area contributed by atoms with Crippen LogP contribution in [-0.2, 0) is 0 Å². The molecule has 1 unspecified atom stereocenters. The summed E-state index contributed by atoms with van der Waals surface area (Å²) in [6.07, 6.45) is 2.09. The van der Waals surface area contributed by atoms with E-state index in [0.29, 0.717) is 6.54 Å². The molecular formula is C10H17N5. The summed E-state index contributed by atoms with van der Waals surface area (Å²) in [5.41, 5.74) is -0.800. The van der Waals surface area contributed by atoms with Gasteiger partial charge in [0.1, 0.15) is 6.07 Å². The Morgan fingerprint density at radius 3 is 2.40 bits per heavy atom. The van der Waals surface area contributed by atoms with Gasteiger partial charge < -0.3 is 5.32 Å². The largest absolute Gasteiger partial charge is 0.314 e. The van der Waals surface area contributed by atoms with Gasteiger partial charge in [-0.2, -0.15) is 10.5 Å². The van der Waals surface area contributed by atoms with Crippen LogP contribution in [0.25, 0.3) is 0 Å². The first-order valence-corrected chi connectivity index (χ1v) is 5.23. The SMILES string of the molecule is CCN(C#N)C(C)(C#N)N1CCNCC1. The summed E-state index contributed by atoms with van der Waals surface area (Å²) < 4.78 is 0. The van der Waals surface area contributed by atoms with E-state index < -0.39 is 5.66 Å². The van der Waals surface area contributed by atoms with Crippen molar-refractivity contribution in [1.29, 1.82) is 10.5 Å². The summed E-state index contributed by atoms with van der Waals surface area (Å²) in [5, 5.41) is 21.5. The maximum atomic E-state index is 9.27. The second-order valence-electron chi connectivity index (χ2n) is 3.71. The Morgan fingerprint density at radius 2 is 2.00 bits per heavy atom. The monoisotopic (exact) mass is 207 g/mol. The van der Waals surface area contributed by atoms with Crippen molar-refractivity contribution in [1.82, 2.24) is 15.1 Å². The highest BCUT2D eigenvalue weighted by atomic mass is 15.4. The number of hydrogen-bond acceptors (Lipinski definition) is 5. The van der Waals surface area contributed by atoms with Crippen molar-refractivity contribution in [2.24, 2.45) is 0 Å². The second kappa shape index (κ2) is 4.97. The summed E-state index contributed by atoms with van der Waals surface area (Å²) >= 11 is 0. The molecule has 15 heavy (non-hydrogen) atoms. The molecule has 0 amide bonds. The van der Waals surface area contributed by atoms with E-state index in [0.717, 1.165) is 26.2 Å². The van der Waals surface area contributed by atoms with Gasteiger partial charge >= 0.3 is 0 Å². The molecule has 1 N–H and O–H groups in total. The van der Waals surface area contributed by atoms with Gasteiger partial charge in [0.15, 0.2) is 11.9 Å². The summed E-state index contributed by atoms with van der Waals surface area (Å²) in [5.74, 6) is 0. The number of piperazine rings is 1. The Bertz CT molecular complexity index is 283. The van der Waals surface area contributed by atoms with E-state index in [-0.39, 0.29) is 0 Å². The van der Waals surface area contributed by atoms with Crippen molar-refractivity contribution in [3.05, 3.63) is 0 Å². The fraction of sp³-hybridized carbons (Fsp3) is 0.800. The van der Waals surface area contributed by atoms with E-state index in [1.165, 1.54) is 4.90 Å². The molecule has 0 spiro atoms. The normalized spacial score (nSPS) is 21.1. The van der Waals surface area contributed by atoms with Gasteiger partial charge in [-0.05, 0) is 13.8 Å². The van der Waals surface area contributed by atoms with Gasteiger partial charge in [-0.25, -0.2) is 0 Å². The topological polar surface area (TPSA) is 66.1 Å². The zero-order chi connectivity index (χ0) is 11.3. The molecule has 0 bridgehead atoms. The Hall–Kier alpha value is -1.30. The number of rotatable bonds is 3. The second-order valence-corrected chi connectivity index (χ2v) is 3.71. The Kier molecular flexibility index (Phi) is 3.90. The summed E-state index contributed by atoms with van der Waals surface area (Å²) in [6, 6.07) is 2.25. The molecule has 1 atom stereocenters. The fourth-order valence-electron chi connectivity index (χ4n) is 1.88. The predicted molar refractivity (Wildman–Crippen MR) is 56.5 cm³/mol. The molecule has 0 radical (unpaired) electrons. The quantitative estimate of drug-likeness (QED) is 0.518. The van der Waals surface area contributed by atoms with Crippen molar-refractivity contribution in [3.63, 3.8) is 0 Å². The van der Waals surface area contributed by atoms with Gasteiger partial charge in [-0.3, -0.25) is 9.80 Å². The number of nitrogens with one attached hydrogen (secondary N) is 1. The number of hydrogen-bond donors (Lipinski definition) is 1. The Labute approximate surface area is 90.9 Å². The summed E-state index contributed by atoms with van der Waals surface area (Å²) in [6.45, 7) is 7.63. The van der Waals surface area contributed by atoms with Crippen LogP contribution in [0.2, 0.25) is 0 Å². The van der Waals surface area contributed by atoms with Crippen molar-refractivity contribution < 1.29 is 0 Å². The van der Waals surface area contributed by atoms with Crippen LogP contribution in [0.4, 0.5) is 0 Å². The molecule has 82 valence electrons. The molecule has 1 rings (SSSR count). The standard InChI is InChI=1S/C10H17N5/c1-3-14(9-12)10(2,8-11)15-6-4-13-5-7-15/h13H,3-7H2,1-2H3. The number of nitriles is 2. The average Bonchev–Trinajstić information content (AvgIpc) is 2.31. The van der Waals surface area contributed by atoms with E-state index in [1.54, 1.807) is 0 Å². The molecule has 1 fully saturated rings. The molecule has 1 heterocycles. The number of nitrogens with zero attached hydrogens (tertiary/aromatic N) is 4. The van der Waals surface area contributed by atoms with Crippen LogP contribution in [0.15, 0.2) is 0 Å². The highest BCUT2D eigenvalue weighted by molar-refractivity contribution is 5.08. The molecule has 0 aromatic rings. The molecule has 1 saturated heterocycles. The zero-order valence-electron chi connectivity index (χ0n) is 9.32. The van der Waals surface area contributed by atoms with Gasteiger partial charge in [0.05, 0.1) is 0 Å². The van der Waals surface area contributed by atoms with Crippen LogP contribution in [0.1, 0.15) is 13.8 Å². The minimum absolute atomic E-state index is 0.560. The van der Waals surface area contributed by atoms with Crippen molar-refractivity contribution in [3.8, 4) is 12.3 Å². The maximum Gasteiger partial charge on any atom is 0.188 e. The molecule has 0 aliphatic carbocycles. The minimum Gasteiger partial charge on any atom is -0.314 e. The lowest BCUT2D eigenvalue weighted by Crippen LogP contribution is -2.61. The molecule has 0 saturated carbocycles. The van der Waals surface area contributed by atoms with E-state index in [4.69, 9.17) is 5.26 Å². The lowest BCUT2D eigenvalue weighted by atomic mass is 10.1. The van der Waals surface area contributed by atoms with E-state index in [1.807, 2.05) is 13.8 Å². The highest BCUT2D eigenvalue weighted by Gasteiger charge is 2.37. The maximum absolute atomic E-state index is 9.27. The van der Waals surface area contributed by atoms with Crippen LogP contribution in [0.3, 0.4) is 0 Å². The van der Waals surface area contributed by atoms with Gasteiger partial charge in [-0.1, -0.05) is 0 Å². The molecule has 5 nitrogen and oxygen atoms in total. The molecule has 0 aromatic heterocycles. The first-order valence-electron chi connectivity index (χ1n) is 5.23. The molecular weight excluding hydrogens is 190 g/mol. The summed E-state index contributed by atoms with van der Waals surface area (Å²) in [4.78, 5) is 3.58. The zero-order valence-corrected chi connectivity index (χ0v) is 9.32. The smallest absolute Gasteiger partial charge is 0.188 e. The fourth-order valence-corrected chi connectivity index (χ4v) is 1.88. The third-order valence-electron chi connectivity index (χ3n) is 2.91. The minimum atomic E-state index is -0.800. The lowest BCUT2D eigenvalue weighted by molar-refractivity contribution is 0.0286. The molecule has 5 heteroatoms. The third-order valence-corrected chi connectivity index (χ3v) is 2.91. The van der Waals surface area contributed by atoms with Gasteiger partial charge in [0.2, 0.25) is 0 Å². The van der Waals surface area contributed by atoms with Gasteiger partial charge in [0.25, 0.3) is 0 Å². The average molecular weight is 207 g/mol. The van der Waals surface area contributed by atoms with Crippen LogP contribution in [-0.4, -0.2) is 48.2 Å². The molecule has 1 aliphatic heterocycles.